The molecule has 84 valence electrons. The first kappa shape index (κ1) is 10.8. The molecule has 2 aromatic rings. The summed E-state index contributed by atoms with van der Waals surface area (Å²) in [4.78, 5) is 0.237. The fraction of sp³-hybridized carbons (Fsp3) is 0.200. The molecule has 0 N–H and O–H groups in total. The van der Waals surface area contributed by atoms with Crippen molar-refractivity contribution in [2.24, 2.45) is 0 Å². The lowest BCUT2D eigenvalue weighted by Gasteiger charge is -1.96. The SMILES string of the molecule is CC[n+]1cnn(S(=O)(=O)c2ccccc2)c1. The van der Waals surface area contributed by atoms with Crippen LogP contribution in [0.5, 0.6) is 0 Å². The summed E-state index contributed by atoms with van der Waals surface area (Å²) in [7, 11) is -3.54. The average molecular weight is 238 g/mol. The molecule has 0 bridgehead atoms. The average Bonchev–Trinajstić information content (AvgIpc) is 2.79. The van der Waals surface area contributed by atoms with Crippen molar-refractivity contribution in [3.05, 3.63) is 43.0 Å². The highest BCUT2D eigenvalue weighted by atomic mass is 32.2. The third-order valence-corrected chi connectivity index (χ3v) is 3.76. The fourth-order valence-corrected chi connectivity index (χ4v) is 2.42. The molecule has 1 heterocycles. The van der Waals surface area contributed by atoms with Crippen LogP contribution in [0.2, 0.25) is 0 Å². The summed E-state index contributed by atoms with van der Waals surface area (Å²) < 4.78 is 26.8. The molecule has 0 aliphatic rings. The zero-order chi connectivity index (χ0) is 11.6. The third-order valence-electron chi connectivity index (χ3n) is 2.21. The first-order chi connectivity index (χ1) is 7.64. The van der Waals surface area contributed by atoms with Crippen molar-refractivity contribution in [2.75, 3.05) is 0 Å². The number of aryl methyl sites for hydroxylation is 1. The van der Waals surface area contributed by atoms with Crippen LogP contribution in [0.4, 0.5) is 0 Å². The van der Waals surface area contributed by atoms with E-state index in [-0.39, 0.29) is 4.90 Å². The summed E-state index contributed by atoms with van der Waals surface area (Å²) >= 11 is 0. The molecule has 2 rings (SSSR count). The Balaban J connectivity index is 2.47. The molecule has 16 heavy (non-hydrogen) atoms. The molecule has 1 aromatic carbocycles. The van der Waals surface area contributed by atoms with E-state index in [1.807, 2.05) is 6.92 Å². The maximum absolute atomic E-state index is 12.1. The van der Waals surface area contributed by atoms with Gasteiger partial charge in [0.2, 0.25) is 6.33 Å². The van der Waals surface area contributed by atoms with Gasteiger partial charge >= 0.3 is 10.0 Å². The van der Waals surface area contributed by atoms with E-state index in [4.69, 9.17) is 0 Å². The minimum Gasteiger partial charge on any atom is -0.236 e. The van der Waals surface area contributed by atoms with Crippen LogP contribution in [0.15, 0.2) is 47.9 Å². The van der Waals surface area contributed by atoms with Gasteiger partial charge in [-0.2, -0.15) is 8.42 Å². The Hall–Kier alpha value is -1.69. The lowest BCUT2D eigenvalue weighted by Crippen LogP contribution is -2.29. The van der Waals surface area contributed by atoms with Gasteiger partial charge in [0.25, 0.3) is 6.33 Å². The minimum atomic E-state index is -3.54. The lowest BCUT2D eigenvalue weighted by molar-refractivity contribution is -0.693. The van der Waals surface area contributed by atoms with Gasteiger partial charge in [0.1, 0.15) is 4.90 Å². The van der Waals surface area contributed by atoms with E-state index in [1.54, 1.807) is 34.9 Å². The monoisotopic (exact) mass is 238 g/mol. The standard InChI is InChI=1S/C10H12N3O2S/c1-2-12-8-11-13(9-12)16(14,15)10-6-4-3-5-7-10/h3-9H,2H2,1H3/q+1. The van der Waals surface area contributed by atoms with Crippen LogP contribution in [0.1, 0.15) is 6.92 Å². The van der Waals surface area contributed by atoms with E-state index < -0.39 is 10.0 Å². The summed E-state index contributed by atoms with van der Waals surface area (Å²) in [5, 5.41) is 3.83. The van der Waals surface area contributed by atoms with Gasteiger partial charge in [-0.25, -0.2) is 4.57 Å². The molecule has 5 nitrogen and oxygen atoms in total. The van der Waals surface area contributed by atoms with E-state index >= 15 is 0 Å². The van der Waals surface area contributed by atoms with Gasteiger partial charge in [0, 0.05) is 4.09 Å². The van der Waals surface area contributed by atoms with Crippen LogP contribution in [-0.4, -0.2) is 17.6 Å². The molecular formula is C10H12N3O2S+. The molecule has 0 spiro atoms. The molecule has 6 heteroatoms. The van der Waals surface area contributed by atoms with Crippen molar-refractivity contribution in [3.8, 4) is 0 Å². The van der Waals surface area contributed by atoms with E-state index in [9.17, 15) is 8.42 Å². The largest absolute Gasteiger partial charge is 0.341 e. The van der Waals surface area contributed by atoms with Crippen LogP contribution in [0, 0.1) is 0 Å². The van der Waals surface area contributed by atoms with Gasteiger partial charge < -0.3 is 0 Å². The van der Waals surface area contributed by atoms with Crippen LogP contribution in [0.25, 0.3) is 0 Å². The van der Waals surface area contributed by atoms with Crippen molar-refractivity contribution in [1.82, 2.24) is 9.19 Å². The Bertz CT molecular complexity index is 575. The molecule has 0 fully saturated rings. The second-order valence-electron chi connectivity index (χ2n) is 3.27. The molecular weight excluding hydrogens is 226 g/mol. The maximum Gasteiger partial charge on any atom is 0.341 e. The normalized spacial score (nSPS) is 11.6. The lowest BCUT2D eigenvalue weighted by atomic mass is 10.4. The molecule has 0 aliphatic carbocycles. The third kappa shape index (κ3) is 1.83. The molecule has 0 amide bonds. The number of rotatable bonds is 3. The van der Waals surface area contributed by atoms with Crippen molar-refractivity contribution in [3.63, 3.8) is 0 Å². The van der Waals surface area contributed by atoms with Gasteiger partial charge in [-0.1, -0.05) is 18.2 Å². The van der Waals surface area contributed by atoms with Gasteiger partial charge in [0.15, 0.2) is 0 Å². The predicted octanol–water partition coefficient (Wildman–Crippen LogP) is 0.427. The van der Waals surface area contributed by atoms with Gasteiger partial charge in [-0.3, -0.25) is 0 Å². The maximum atomic E-state index is 12.1. The first-order valence-electron chi connectivity index (χ1n) is 4.89. The van der Waals surface area contributed by atoms with Crippen molar-refractivity contribution < 1.29 is 13.0 Å². The number of hydrogen-bond acceptors (Lipinski definition) is 3. The molecule has 0 saturated heterocycles. The highest BCUT2D eigenvalue weighted by Crippen LogP contribution is 2.10. The topological polar surface area (TPSA) is 55.8 Å². The Morgan fingerprint density at radius 3 is 2.56 bits per heavy atom. The number of aromatic nitrogens is 3. The van der Waals surface area contributed by atoms with E-state index in [0.29, 0.717) is 6.54 Å². The number of hydrogen-bond donors (Lipinski definition) is 0. The Labute approximate surface area is 94.0 Å². The first-order valence-corrected chi connectivity index (χ1v) is 6.33. The Morgan fingerprint density at radius 1 is 1.31 bits per heavy atom. The van der Waals surface area contributed by atoms with E-state index in [1.165, 1.54) is 12.7 Å². The molecule has 0 atom stereocenters. The van der Waals surface area contributed by atoms with Gasteiger partial charge in [-0.15, -0.1) is 0 Å². The summed E-state index contributed by atoms with van der Waals surface area (Å²) in [5.41, 5.74) is 0. The van der Waals surface area contributed by atoms with Crippen LogP contribution >= 0.6 is 0 Å². The summed E-state index contributed by atoms with van der Waals surface area (Å²) in [6.45, 7) is 2.60. The minimum absolute atomic E-state index is 0.237. The predicted molar refractivity (Wildman–Crippen MR) is 57.1 cm³/mol. The fourth-order valence-electron chi connectivity index (χ4n) is 1.29. The van der Waals surface area contributed by atoms with Crippen molar-refractivity contribution >= 4 is 10.0 Å². The Kier molecular flexibility index (Phi) is 2.74. The summed E-state index contributed by atoms with van der Waals surface area (Å²) in [6.07, 6.45) is 2.95. The van der Waals surface area contributed by atoms with Crippen LogP contribution in [0.3, 0.4) is 0 Å². The summed E-state index contributed by atoms with van der Waals surface area (Å²) in [5.74, 6) is 0. The highest BCUT2D eigenvalue weighted by molar-refractivity contribution is 7.89. The Morgan fingerprint density at radius 2 is 2.00 bits per heavy atom. The molecule has 0 aliphatic heterocycles. The molecule has 0 radical (unpaired) electrons. The smallest absolute Gasteiger partial charge is 0.236 e. The molecule has 0 unspecified atom stereocenters. The zero-order valence-corrected chi connectivity index (χ0v) is 9.63. The second kappa shape index (κ2) is 4.05. The number of nitrogens with zero attached hydrogens (tertiary/aromatic N) is 3. The van der Waals surface area contributed by atoms with Gasteiger partial charge in [0.05, 0.1) is 11.6 Å². The van der Waals surface area contributed by atoms with Crippen LogP contribution in [-0.2, 0) is 16.6 Å². The van der Waals surface area contributed by atoms with Crippen molar-refractivity contribution in [2.45, 2.75) is 18.4 Å². The van der Waals surface area contributed by atoms with E-state index in [2.05, 4.69) is 5.10 Å². The number of benzene rings is 1. The van der Waals surface area contributed by atoms with Gasteiger partial charge in [-0.05, 0) is 19.1 Å². The van der Waals surface area contributed by atoms with Crippen LogP contribution < -0.4 is 4.57 Å². The second-order valence-corrected chi connectivity index (χ2v) is 5.06. The van der Waals surface area contributed by atoms with E-state index in [0.717, 1.165) is 4.09 Å². The summed E-state index contributed by atoms with van der Waals surface area (Å²) in [6, 6.07) is 8.24. The van der Waals surface area contributed by atoms with Crippen molar-refractivity contribution in [1.29, 1.82) is 0 Å². The molecule has 1 aromatic heterocycles. The zero-order valence-electron chi connectivity index (χ0n) is 8.81. The highest BCUT2D eigenvalue weighted by Gasteiger charge is 2.23. The quantitative estimate of drug-likeness (QED) is 0.728. The molecule has 0 saturated carbocycles.